The van der Waals surface area contributed by atoms with Crippen molar-refractivity contribution in [3.63, 3.8) is 0 Å². The molecule has 0 bridgehead atoms. The van der Waals surface area contributed by atoms with E-state index in [1.54, 1.807) is 30.6 Å². The predicted molar refractivity (Wildman–Crippen MR) is 86.5 cm³/mol. The molecular weight excluding hydrogens is 292 g/mol. The van der Waals surface area contributed by atoms with E-state index in [0.717, 1.165) is 11.3 Å². The average Bonchev–Trinajstić information content (AvgIpc) is 2.59. The van der Waals surface area contributed by atoms with Crippen LogP contribution >= 0.6 is 0 Å². The zero-order valence-corrected chi connectivity index (χ0v) is 12.7. The van der Waals surface area contributed by atoms with E-state index < -0.39 is 5.97 Å². The smallest absolute Gasteiger partial charge is 0.338 e. The second-order valence-electron chi connectivity index (χ2n) is 5.06. The Hall–Kier alpha value is -2.95. The minimum Gasteiger partial charge on any atom is -0.490 e. The van der Waals surface area contributed by atoms with E-state index in [9.17, 15) is 4.79 Å². The molecule has 0 radical (unpaired) electrons. The molecular formula is C18H16N2O3. The molecule has 0 spiro atoms. The minimum atomic E-state index is -0.398. The number of hydrogen-bond donors (Lipinski definition) is 0. The molecule has 0 aliphatic carbocycles. The molecule has 0 amide bonds. The Morgan fingerprint density at radius 2 is 1.70 bits per heavy atom. The lowest BCUT2D eigenvalue weighted by Gasteiger charge is -2.08. The van der Waals surface area contributed by atoms with E-state index in [1.165, 1.54) is 5.56 Å². The van der Waals surface area contributed by atoms with Crippen LogP contribution in [0.25, 0.3) is 11.0 Å². The number of fused-ring (bicyclic) bond motifs is 1. The van der Waals surface area contributed by atoms with Crippen LogP contribution in [-0.2, 0) is 4.74 Å². The fourth-order valence-electron chi connectivity index (χ4n) is 2.10. The first-order valence-electron chi connectivity index (χ1n) is 7.30. The number of rotatable bonds is 5. The maximum Gasteiger partial charge on any atom is 0.338 e. The van der Waals surface area contributed by atoms with E-state index in [2.05, 4.69) is 9.97 Å². The molecule has 1 aromatic heterocycles. The number of aromatic nitrogens is 2. The largest absolute Gasteiger partial charge is 0.490 e. The van der Waals surface area contributed by atoms with Gasteiger partial charge in [0.1, 0.15) is 19.0 Å². The molecule has 3 aromatic rings. The molecule has 0 N–H and O–H groups in total. The minimum absolute atomic E-state index is 0.186. The van der Waals surface area contributed by atoms with E-state index >= 15 is 0 Å². The maximum absolute atomic E-state index is 12.0. The number of ether oxygens (including phenoxy) is 2. The summed E-state index contributed by atoms with van der Waals surface area (Å²) in [5.74, 6) is 0.359. The highest BCUT2D eigenvalue weighted by Gasteiger charge is 2.08. The molecule has 0 saturated heterocycles. The Kier molecular flexibility index (Phi) is 4.47. The summed E-state index contributed by atoms with van der Waals surface area (Å²) < 4.78 is 10.7. The summed E-state index contributed by atoms with van der Waals surface area (Å²) in [6.45, 7) is 2.51. The molecule has 1 heterocycles. The summed E-state index contributed by atoms with van der Waals surface area (Å²) in [5, 5.41) is 0. The molecule has 0 aliphatic heterocycles. The molecule has 0 aliphatic rings. The predicted octanol–water partition coefficient (Wildman–Crippen LogP) is 3.17. The van der Waals surface area contributed by atoms with Gasteiger partial charge in [0, 0.05) is 12.4 Å². The Morgan fingerprint density at radius 1 is 0.957 bits per heavy atom. The topological polar surface area (TPSA) is 61.3 Å². The summed E-state index contributed by atoms with van der Waals surface area (Å²) in [5.41, 5.74) is 3.03. The van der Waals surface area contributed by atoms with Gasteiger partial charge >= 0.3 is 5.97 Å². The van der Waals surface area contributed by atoms with Gasteiger partial charge in [-0.15, -0.1) is 0 Å². The zero-order chi connectivity index (χ0) is 16.1. The third-order valence-corrected chi connectivity index (χ3v) is 3.31. The van der Waals surface area contributed by atoms with Crippen LogP contribution in [-0.4, -0.2) is 29.2 Å². The lowest BCUT2D eigenvalue weighted by atomic mass is 10.2. The Labute approximate surface area is 133 Å². The first kappa shape index (κ1) is 15.0. The molecule has 0 unspecified atom stereocenters. The molecule has 0 saturated carbocycles. The molecule has 116 valence electrons. The van der Waals surface area contributed by atoms with Gasteiger partial charge in [0.2, 0.25) is 0 Å². The van der Waals surface area contributed by atoms with E-state index in [0.29, 0.717) is 17.7 Å². The zero-order valence-electron chi connectivity index (χ0n) is 12.7. The first-order chi connectivity index (χ1) is 11.2. The lowest BCUT2D eigenvalue weighted by molar-refractivity contribution is 0.0450. The van der Waals surface area contributed by atoms with E-state index in [1.807, 2.05) is 31.2 Å². The van der Waals surface area contributed by atoms with Gasteiger partial charge < -0.3 is 9.47 Å². The second kappa shape index (κ2) is 6.87. The Morgan fingerprint density at radius 3 is 2.48 bits per heavy atom. The van der Waals surface area contributed by atoms with Crippen molar-refractivity contribution in [3.05, 3.63) is 66.0 Å². The number of carbonyl (C=O) groups excluding carboxylic acids is 1. The lowest BCUT2D eigenvalue weighted by Crippen LogP contribution is -2.12. The highest BCUT2D eigenvalue weighted by Crippen LogP contribution is 2.13. The van der Waals surface area contributed by atoms with Gasteiger partial charge in [-0.05, 0) is 37.3 Å². The molecule has 5 heteroatoms. The first-order valence-corrected chi connectivity index (χ1v) is 7.30. The quantitative estimate of drug-likeness (QED) is 0.535. The van der Waals surface area contributed by atoms with Gasteiger partial charge in [-0.25, -0.2) is 4.79 Å². The third-order valence-electron chi connectivity index (χ3n) is 3.31. The van der Waals surface area contributed by atoms with Crippen LogP contribution in [0.15, 0.2) is 54.9 Å². The average molecular weight is 308 g/mol. The van der Waals surface area contributed by atoms with Crippen LogP contribution in [0.5, 0.6) is 5.75 Å². The van der Waals surface area contributed by atoms with Crippen molar-refractivity contribution in [1.82, 2.24) is 9.97 Å². The number of benzene rings is 2. The number of nitrogens with zero attached hydrogens (tertiary/aromatic N) is 2. The van der Waals surface area contributed by atoms with Gasteiger partial charge in [0.25, 0.3) is 0 Å². The third kappa shape index (κ3) is 3.83. The van der Waals surface area contributed by atoms with Crippen molar-refractivity contribution in [2.75, 3.05) is 13.2 Å². The summed E-state index contributed by atoms with van der Waals surface area (Å²) >= 11 is 0. The molecule has 3 rings (SSSR count). The molecule has 5 nitrogen and oxygen atoms in total. The molecule has 23 heavy (non-hydrogen) atoms. The van der Waals surface area contributed by atoms with Crippen LogP contribution in [0.3, 0.4) is 0 Å². The molecule has 0 atom stereocenters. The van der Waals surface area contributed by atoms with Crippen molar-refractivity contribution in [2.45, 2.75) is 6.92 Å². The number of aryl methyl sites for hydroxylation is 1. The van der Waals surface area contributed by atoms with Crippen LogP contribution in [0.2, 0.25) is 0 Å². The van der Waals surface area contributed by atoms with Crippen molar-refractivity contribution in [3.8, 4) is 5.75 Å². The van der Waals surface area contributed by atoms with Crippen LogP contribution in [0.1, 0.15) is 15.9 Å². The van der Waals surface area contributed by atoms with Gasteiger partial charge in [0.15, 0.2) is 0 Å². The van der Waals surface area contributed by atoms with Crippen molar-refractivity contribution >= 4 is 17.0 Å². The van der Waals surface area contributed by atoms with Crippen LogP contribution < -0.4 is 4.74 Å². The summed E-state index contributed by atoms with van der Waals surface area (Å²) in [6.07, 6.45) is 3.20. The van der Waals surface area contributed by atoms with E-state index in [-0.39, 0.29) is 6.61 Å². The Bertz CT molecular complexity index is 816. The number of esters is 1. The summed E-state index contributed by atoms with van der Waals surface area (Å²) in [4.78, 5) is 20.4. The van der Waals surface area contributed by atoms with Gasteiger partial charge in [-0.3, -0.25) is 9.97 Å². The fraction of sp³-hybridized carbons (Fsp3) is 0.167. The summed E-state index contributed by atoms with van der Waals surface area (Å²) in [6, 6.07) is 12.8. The van der Waals surface area contributed by atoms with Crippen molar-refractivity contribution < 1.29 is 14.3 Å². The van der Waals surface area contributed by atoms with Gasteiger partial charge in [-0.1, -0.05) is 17.7 Å². The normalized spacial score (nSPS) is 10.5. The molecule has 2 aromatic carbocycles. The number of carbonyl (C=O) groups is 1. The van der Waals surface area contributed by atoms with Crippen molar-refractivity contribution in [1.29, 1.82) is 0 Å². The summed E-state index contributed by atoms with van der Waals surface area (Å²) in [7, 11) is 0. The number of hydrogen-bond acceptors (Lipinski definition) is 5. The van der Waals surface area contributed by atoms with Crippen LogP contribution in [0.4, 0.5) is 0 Å². The second-order valence-corrected chi connectivity index (χ2v) is 5.06. The fourth-order valence-corrected chi connectivity index (χ4v) is 2.10. The van der Waals surface area contributed by atoms with E-state index in [4.69, 9.17) is 9.47 Å². The monoisotopic (exact) mass is 308 g/mol. The highest BCUT2D eigenvalue weighted by atomic mass is 16.6. The van der Waals surface area contributed by atoms with Gasteiger partial charge in [0.05, 0.1) is 16.6 Å². The van der Waals surface area contributed by atoms with Gasteiger partial charge in [-0.2, -0.15) is 0 Å². The standard InChI is InChI=1S/C18H16N2O3/c1-13-2-5-15(6-3-13)22-10-11-23-18(21)14-4-7-16-17(12-14)20-9-8-19-16/h2-9,12H,10-11H2,1H3. The van der Waals surface area contributed by atoms with Crippen LogP contribution in [0, 0.1) is 6.92 Å². The Balaban J connectivity index is 1.53. The highest BCUT2D eigenvalue weighted by molar-refractivity contribution is 5.93. The molecule has 0 fully saturated rings. The SMILES string of the molecule is Cc1ccc(OCCOC(=O)c2ccc3nccnc3c2)cc1. The maximum atomic E-state index is 12.0. The van der Waals surface area contributed by atoms with Crippen molar-refractivity contribution in [2.24, 2.45) is 0 Å².